The molecule has 1 atom stereocenters. The maximum absolute atomic E-state index is 12.4. The van der Waals surface area contributed by atoms with Crippen molar-refractivity contribution >= 4 is 35.1 Å². The lowest BCUT2D eigenvalue weighted by atomic mass is 10.1. The molecule has 0 bridgehead atoms. The number of halogens is 1. The molecule has 28 heavy (non-hydrogen) atoms. The van der Waals surface area contributed by atoms with Crippen molar-refractivity contribution in [2.24, 2.45) is 0 Å². The molecule has 0 spiro atoms. The minimum Gasteiger partial charge on any atom is -0.508 e. The number of aromatic hydroxyl groups is 1. The molecule has 9 heteroatoms. The number of anilines is 1. The number of nitrogens with zero attached hydrogens (tertiary/aromatic N) is 1. The average Bonchev–Trinajstić information content (AvgIpc) is 2.63. The van der Waals surface area contributed by atoms with E-state index in [9.17, 15) is 24.6 Å². The Morgan fingerprint density at radius 3 is 2.61 bits per heavy atom. The van der Waals surface area contributed by atoms with Gasteiger partial charge >= 0.3 is 11.9 Å². The van der Waals surface area contributed by atoms with Crippen LogP contribution in [0.5, 0.6) is 11.5 Å². The van der Waals surface area contributed by atoms with Gasteiger partial charge in [-0.25, -0.2) is 9.59 Å². The van der Waals surface area contributed by atoms with Gasteiger partial charge in [0.2, 0.25) is 5.91 Å². The molecule has 2 aromatic carbocycles. The molecule has 3 N–H and O–H groups in total. The van der Waals surface area contributed by atoms with E-state index < -0.39 is 23.9 Å². The molecule has 8 nitrogen and oxygen atoms in total. The van der Waals surface area contributed by atoms with Gasteiger partial charge in [-0.15, -0.1) is 0 Å². The molecule has 1 heterocycles. The van der Waals surface area contributed by atoms with Gasteiger partial charge in [-0.3, -0.25) is 4.79 Å². The molecule has 1 aliphatic rings. The fraction of sp³-hybridized carbons (Fsp3) is 0.211. The summed E-state index contributed by atoms with van der Waals surface area (Å²) in [7, 11) is 0. The number of ether oxygens (including phenoxy) is 1. The fourth-order valence-electron chi connectivity index (χ4n) is 2.84. The number of aliphatic carboxylic acids is 1. The molecule has 1 aliphatic heterocycles. The lowest BCUT2D eigenvalue weighted by molar-refractivity contribution is -0.141. The number of phenolic OH excluding ortho intramolecular Hbond substituents is 1. The Labute approximate surface area is 165 Å². The lowest BCUT2D eigenvalue weighted by Gasteiger charge is -2.29. The van der Waals surface area contributed by atoms with Crippen LogP contribution < -0.4 is 15.0 Å². The molecular weight excluding hydrogens is 388 g/mol. The Bertz CT molecular complexity index is 915. The number of hydrogen-bond donors (Lipinski definition) is 3. The van der Waals surface area contributed by atoms with Gasteiger partial charge in [0, 0.05) is 11.4 Å². The van der Waals surface area contributed by atoms with Crippen molar-refractivity contribution < 1.29 is 29.3 Å². The average molecular weight is 405 g/mol. The van der Waals surface area contributed by atoms with E-state index >= 15 is 0 Å². The first-order valence-corrected chi connectivity index (χ1v) is 8.75. The van der Waals surface area contributed by atoms with Gasteiger partial charge in [-0.05, 0) is 35.9 Å². The highest BCUT2D eigenvalue weighted by molar-refractivity contribution is 6.31. The van der Waals surface area contributed by atoms with Gasteiger partial charge in [0.25, 0.3) is 0 Å². The molecule has 0 saturated heterocycles. The van der Waals surface area contributed by atoms with Crippen LogP contribution in [0.15, 0.2) is 42.5 Å². The number of phenols is 1. The minimum absolute atomic E-state index is 0.0474. The zero-order valence-corrected chi connectivity index (χ0v) is 15.3. The molecule has 0 aromatic heterocycles. The first-order chi connectivity index (χ1) is 13.3. The SMILES string of the molecule is O=C(CN1CC(=O)Oc2ccc(Cl)cc21)NC(Cc1ccc(O)cc1)C(=O)O. The van der Waals surface area contributed by atoms with Gasteiger partial charge in [0.05, 0.1) is 12.2 Å². The van der Waals surface area contributed by atoms with Gasteiger partial charge in [0.1, 0.15) is 18.3 Å². The number of benzene rings is 2. The standard InChI is InChI=1S/C19H17ClN2O6/c20-12-3-6-16-15(8-12)22(10-18(25)28-16)9-17(24)21-14(19(26)27)7-11-1-4-13(23)5-2-11/h1-6,8,14,23H,7,9-10H2,(H,21,24)(H,26,27). The van der Waals surface area contributed by atoms with E-state index in [0.717, 1.165) is 0 Å². The summed E-state index contributed by atoms with van der Waals surface area (Å²) in [4.78, 5) is 37.2. The minimum atomic E-state index is -1.19. The number of carboxylic acid groups (broad SMARTS) is 1. The Hall–Kier alpha value is -3.26. The number of esters is 1. The zero-order valence-electron chi connectivity index (χ0n) is 14.6. The molecule has 0 radical (unpaired) electrons. The van der Waals surface area contributed by atoms with Crippen molar-refractivity contribution in [1.29, 1.82) is 0 Å². The summed E-state index contributed by atoms with van der Waals surface area (Å²) in [6.07, 6.45) is 0.0474. The number of amides is 1. The highest BCUT2D eigenvalue weighted by Gasteiger charge is 2.28. The van der Waals surface area contributed by atoms with Crippen LogP contribution in [0.2, 0.25) is 5.02 Å². The summed E-state index contributed by atoms with van der Waals surface area (Å²) < 4.78 is 5.12. The van der Waals surface area contributed by atoms with Crippen molar-refractivity contribution in [3.8, 4) is 11.5 Å². The molecule has 0 saturated carbocycles. The van der Waals surface area contributed by atoms with Crippen LogP contribution in [0, 0.1) is 0 Å². The van der Waals surface area contributed by atoms with Gasteiger partial charge in [-0.2, -0.15) is 0 Å². The lowest BCUT2D eigenvalue weighted by Crippen LogP contribution is -2.48. The van der Waals surface area contributed by atoms with Crippen molar-refractivity contribution in [2.45, 2.75) is 12.5 Å². The Morgan fingerprint density at radius 2 is 1.93 bits per heavy atom. The fourth-order valence-corrected chi connectivity index (χ4v) is 3.01. The Kier molecular flexibility index (Phi) is 5.70. The number of carbonyl (C=O) groups is 3. The van der Waals surface area contributed by atoms with Crippen molar-refractivity contribution in [3.05, 3.63) is 53.1 Å². The van der Waals surface area contributed by atoms with Crippen LogP contribution in [0.3, 0.4) is 0 Å². The normalized spacial score (nSPS) is 14.0. The number of carbonyl (C=O) groups excluding carboxylic acids is 2. The van der Waals surface area contributed by atoms with Crippen molar-refractivity contribution in [3.63, 3.8) is 0 Å². The molecule has 2 aromatic rings. The molecule has 146 valence electrons. The smallest absolute Gasteiger partial charge is 0.331 e. The predicted molar refractivity (Wildman–Crippen MR) is 101 cm³/mol. The second kappa shape index (κ2) is 8.18. The molecular formula is C19H17ClN2O6. The van der Waals surface area contributed by atoms with Crippen LogP contribution in [0.25, 0.3) is 0 Å². The third-order valence-corrected chi connectivity index (χ3v) is 4.38. The molecule has 0 aliphatic carbocycles. The number of fused-ring (bicyclic) bond motifs is 1. The first-order valence-electron chi connectivity index (χ1n) is 8.37. The topological polar surface area (TPSA) is 116 Å². The van der Waals surface area contributed by atoms with E-state index in [1.54, 1.807) is 24.3 Å². The summed E-state index contributed by atoms with van der Waals surface area (Å²) in [5, 5.41) is 21.6. The van der Waals surface area contributed by atoms with Crippen LogP contribution in [0.4, 0.5) is 5.69 Å². The Morgan fingerprint density at radius 1 is 1.21 bits per heavy atom. The highest BCUT2D eigenvalue weighted by atomic mass is 35.5. The van der Waals surface area contributed by atoms with Crippen LogP contribution >= 0.6 is 11.6 Å². The largest absolute Gasteiger partial charge is 0.508 e. The number of nitrogens with one attached hydrogen (secondary N) is 1. The van der Waals surface area contributed by atoms with E-state index in [2.05, 4.69) is 5.32 Å². The number of rotatable bonds is 6. The van der Waals surface area contributed by atoms with E-state index in [1.165, 1.54) is 23.1 Å². The predicted octanol–water partition coefficient (Wildman–Crippen LogP) is 1.58. The maximum atomic E-state index is 12.4. The number of hydrogen-bond acceptors (Lipinski definition) is 6. The van der Waals surface area contributed by atoms with E-state index in [1.807, 2.05) is 0 Å². The highest BCUT2D eigenvalue weighted by Crippen LogP contribution is 2.34. The van der Waals surface area contributed by atoms with Crippen LogP contribution in [-0.4, -0.2) is 47.2 Å². The van der Waals surface area contributed by atoms with Crippen LogP contribution in [-0.2, 0) is 20.8 Å². The maximum Gasteiger partial charge on any atom is 0.331 e. The summed E-state index contributed by atoms with van der Waals surface area (Å²) in [5.41, 5.74) is 1.12. The second-order valence-corrected chi connectivity index (χ2v) is 6.71. The van der Waals surface area contributed by atoms with Crippen LogP contribution in [0.1, 0.15) is 5.56 Å². The summed E-state index contributed by atoms with van der Waals surface area (Å²) >= 11 is 5.98. The van der Waals surface area contributed by atoms with E-state index in [-0.39, 0.29) is 31.0 Å². The molecule has 1 amide bonds. The third-order valence-electron chi connectivity index (χ3n) is 4.15. The third kappa shape index (κ3) is 4.72. The van der Waals surface area contributed by atoms with Gasteiger partial charge in [0.15, 0.2) is 5.75 Å². The van der Waals surface area contributed by atoms with Gasteiger partial charge < -0.3 is 25.2 Å². The zero-order chi connectivity index (χ0) is 20.3. The quantitative estimate of drug-likeness (QED) is 0.494. The molecule has 1 unspecified atom stereocenters. The van der Waals surface area contributed by atoms with Crippen molar-refractivity contribution in [2.75, 3.05) is 18.0 Å². The molecule has 0 fully saturated rings. The van der Waals surface area contributed by atoms with Gasteiger partial charge in [-0.1, -0.05) is 23.7 Å². The summed E-state index contributed by atoms with van der Waals surface area (Å²) in [5.74, 6) is -1.93. The second-order valence-electron chi connectivity index (χ2n) is 6.27. The summed E-state index contributed by atoms with van der Waals surface area (Å²) in [6.45, 7) is -0.391. The summed E-state index contributed by atoms with van der Waals surface area (Å²) in [6, 6.07) is 9.55. The first kappa shape index (κ1) is 19.5. The Balaban J connectivity index is 1.70. The molecule has 3 rings (SSSR count). The van der Waals surface area contributed by atoms with E-state index in [4.69, 9.17) is 16.3 Å². The van der Waals surface area contributed by atoms with E-state index in [0.29, 0.717) is 16.3 Å². The number of carboxylic acids is 1. The monoisotopic (exact) mass is 404 g/mol. The van der Waals surface area contributed by atoms with Crippen molar-refractivity contribution in [1.82, 2.24) is 5.32 Å².